The van der Waals surface area contributed by atoms with Crippen LogP contribution in [0.2, 0.25) is 15.1 Å². The summed E-state index contributed by atoms with van der Waals surface area (Å²) in [6, 6.07) is 22.3. The number of thioether (sulfide) groups is 1. The maximum absolute atomic E-state index is 13.8. The van der Waals surface area contributed by atoms with Gasteiger partial charge in [-0.05, 0) is 53.8 Å². The molecule has 1 fully saturated rings. The summed E-state index contributed by atoms with van der Waals surface area (Å²) < 4.78 is 0. The Morgan fingerprint density at radius 1 is 0.868 bits per heavy atom. The standard InChI is InChI=1S/C30H31Cl3N2O2S/c31-24-13-10-22(11-14-24)19-38-20-29(36)35(18-23-12-15-26(32)27(33)16-23)28(17-21-6-2-1-3-7-21)30(37)34-25-8-4-5-9-25/h1-3,6-7,10-16,25,28H,4-5,8-9,17-20H2,(H,34,37)/t28-/m1/s1. The van der Waals surface area contributed by atoms with E-state index in [1.165, 1.54) is 11.8 Å². The molecule has 0 radical (unpaired) electrons. The number of carbonyl (C=O) groups excluding carboxylic acids is 2. The lowest BCUT2D eigenvalue weighted by Crippen LogP contribution is -2.52. The van der Waals surface area contributed by atoms with E-state index in [1.807, 2.05) is 60.7 Å². The molecule has 0 aliphatic heterocycles. The first kappa shape index (κ1) is 28.8. The Balaban J connectivity index is 1.57. The molecule has 200 valence electrons. The predicted octanol–water partition coefficient (Wildman–Crippen LogP) is 7.58. The molecule has 3 aromatic rings. The zero-order valence-electron chi connectivity index (χ0n) is 21.0. The van der Waals surface area contributed by atoms with Gasteiger partial charge in [-0.1, -0.05) is 96.2 Å². The van der Waals surface area contributed by atoms with Crippen molar-refractivity contribution in [2.24, 2.45) is 0 Å². The van der Waals surface area contributed by atoms with Crippen LogP contribution < -0.4 is 5.32 Å². The van der Waals surface area contributed by atoms with Gasteiger partial charge in [-0.3, -0.25) is 9.59 Å². The van der Waals surface area contributed by atoms with Crippen LogP contribution in [0.5, 0.6) is 0 Å². The van der Waals surface area contributed by atoms with Crippen LogP contribution in [0.25, 0.3) is 0 Å². The molecule has 4 nitrogen and oxygen atoms in total. The summed E-state index contributed by atoms with van der Waals surface area (Å²) in [6.07, 6.45) is 4.60. The van der Waals surface area contributed by atoms with E-state index in [9.17, 15) is 9.59 Å². The van der Waals surface area contributed by atoms with Gasteiger partial charge < -0.3 is 10.2 Å². The second kappa shape index (κ2) is 14.3. The minimum absolute atomic E-state index is 0.0995. The summed E-state index contributed by atoms with van der Waals surface area (Å²) in [5, 5.41) is 4.78. The Morgan fingerprint density at radius 3 is 2.24 bits per heavy atom. The van der Waals surface area contributed by atoms with Gasteiger partial charge in [0.25, 0.3) is 0 Å². The van der Waals surface area contributed by atoms with Crippen molar-refractivity contribution in [3.05, 3.63) is 105 Å². The van der Waals surface area contributed by atoms with Crippen LogP contribution >= 0.6 is 46.6 Å². The zero-order valence-corrected chi connectivity index (χ0v) is 24.1. The van der Waals surface area contributed by atoms with Gasteiger partial charge in [0, 0.05) is 29.8 Å². The number of benzene rings is 3. The first-order valence-corrected chi connectivity index (χ1v) is 15.1. The zero-order chi connectivity index (χ0) is 26.9. The molecule has 0 saturated heterocycles. The number of hydrogen-bond acceptors (Lipinski definition) is 3. The molecule has 1 atom stereocenters. The number of hydrogen-bond donors (Lipinski definition) is 1. The number of nitrogens with zero attached hydrogens (tertiary/aromatic N) is 1. The Bertz CT molecular complexity index is 1220. The van der Waals surface area contributed by atoms with E-state index in [2.05, 4.69) is 5.32 Å². The Kier molecular flexibility index (Phi) is 10.8. The summed E-state index contributed by atoms with van der Waals surface area (Å²) in [5.74, 6) is 0.696. The summed E-state index contributed by atoms with van der Waals surface area (Å²) in [5.41, 5.74) is 2.91. The van der Waals surface area contributed by atoms with Gasteiger partial charge >= 0.3 is 0 Å². The van der Waals surface area contributed by atoms with Gasteiger partial charge in [0.2, 0.25) is 11.8 Å². The summed E-state index contributed by atoms with van der Waals surface area (Å²) >= 11 is 20.0. The fourth-order valence-corrected chi connectivity index (χ4v) is 5.99. The van der Waals surface area contributed by atoms with Crippen LogP contribution in [0.15, 0.2) is 72.8 Å². The van der Waals surface area contributed by atoms with Gasteiger partial charge in [-0.25, -0.2) is 0 Å². The molecule has 3 aromatic carbocycles. The van der Waals surface area contributed by atoms with Crippen molar-refractivity contribution < 1.29 is 9.59 Å². The van der Waals surface area contributed by atoms with Gasteiger partial charge in [-0.2, -0.15) is 0 Å². The third kappa shape index (κ3) is 8.41. The van der Waals surface area contributed by atoms with E-state index in [0.717, 1.165) is 42.4 Å². The molecule has 1 N–H and O–H groups in total. The maximum atomic E-state index is 13.8. The highest BCUT2D eigenvalue weighted by Crippen LogP contribution is 2.26. The highest BCUT2D eigenvalue weighted by Gasteiger charge is 2.32. The van der Waals surface area contributed by atoms with Crippen molar-refractivity contribution in [2.45, 2.75) is 56.5 Å². The number of nitrogens with one attached hydrogen (secondary N) is 1. The molecular formula is C30H31Cl3N2O2S. The molecule has 8 heteroatoms. The third-order valence-corrected chi connectivity index (χ3v) is 8.70. The van der Waals surface area contributed by atoms with Crippen molar-refractivity contribution in [3.63, 3.8) is 0 Å². The lowest BCUT2D eigenvalue weighted by Gasteiger charge is -2.32. The van der Waals surface area contributed by atoms with E-state index < -0.39 is 6.04 Å². The van der Waals surface area contributed by atoms with Crippen molar-refractivity contribution in [1.82, 2.24) is 10.2 Å². The quantitative estimate of drug-likeness (QED) is 0.251. The van der Waals surface area contributed by atoms with Crippen molar-refractivity contribution in [1.29, 1.82) is 0 Å². The second-order valence-corrected chi connectivity index (χ2v) is 11.8. The van der Waals surface area contributed by atoms with E-state index in [-0.39, 0.29) is 30.2 Å². The Hall–Kier alpha value is -2.18. The van der Waals surface area contributed by atoms with Gasteiger partial charge in [0.05, 0.1) is 15.8 Å². The second-order valence-electron chi connectivity index (χ2n) is 9.58. The maximum Gasteiger partial charge on any atom is 0.243 e. The number of amides is 2. The lowest BCUT2D eigenvalue weighted by atomic mass is 10.0. The van der Waals surface area contributed by atoms with Gasteiger partial charge in [-0.15, -0.1) is 11.8 Å². The molecule has 0 heterocycles. The Morgan fingerprint density at radius 2 is 1.55 bits per heavy atom. The molecule has 1 aliphatic carbocycles. The fraction of sp³-hybridized carbons (Fsp3) is 0.333. The van der Waals surface area contributed by atoms with Gasteiger partial charge in [0.1, 0.15) is 6.04 Å². The predicted molar refractivity (Wildman–Crippen MR) is 159 cm³/mol. The topological polar surface area (TPSA) is 49.4 Å². The fourth-order valence-electron chi connectivity index (χ4n) is 4.68. The molecule has 0 aromatic heterocycles. The normalized spacial score (nSPS) is 14.3. The summed E-state index contributed by atoms with van der Waals surface area (Å²) in [4.78, 5) is 29.2. The first-order chi connectivity index (χ1) is 18.4. The minimum Gasteiger partial charge on any atom is -0.352 e. The molecule has 2 amide bonds. The van der Waals surface area contributed by atoms with Crippen LogP contribution in [-0.2, 0) is 28.3 Å². The van der Waals surface area contributed by atoms with E-state index in [1.54, 1.807) is 17.0 Å². The molecule has 0 unspecified atom stereocenters. The number of rotatable bonds is 11. The average Bonchev–Trinajstić information content (AvgIpc) is 3.43. The number of halogens is 3. The molecule has 1 saturated carbocycles. The van der Waals surface area contributed by atoms with Gasteiger partial charge in [0.15, 0.2) is 0 Å². The summed E-state index contributed by atoms with van der Waals surface area (Å²) in [7, 11) is 0. The lowest BCUT2D eigenvalue weighted by molar-refractivity contribution is -0.139. The van der Waals surface area contributed by atoms with Crippen LogP contribution in [0.4, 0.5) is 0 Å². The van der Waals surface area contributed by atoms with Crippen LogP contribution in [-0.4, -0.2) is 34.6 Å². The first-order valence-electron chi connectivity index (χ1n) is 12.8. The van der Waals surface area contributed by atoms with E-state index >= 15 is 0 Å². The van der Waals surface area contributed by atoms with Crippen molar-refractivity contribution in [2.75, 3.05) is 5.75 Å². The third-order valence-electron chi connectivity index (χ3n) is 6.72. The molecule has 38 heavy (non-hydrogen) atoms. The Labute approximate surface area is 244 Å². The summed E-state index contributed by atoms with van der Waals surface area (Å²) in [6.45, 7) is 0.257. The minimum atomic E-state index is -0.656. The molecule has 0 bridgehead atoms. The van der Waals surface area contributed by atoms with Crippen molar-refractivity contribution in [3.8, 4) is 0 Å². The number of carbonyl (C=O) groups is 2. The molecule has 0 spiro atoms. The highest BCUT2D eigenvalue weighted by atomic mass is 35.5. The van der Waals surface area contributed by atoms with E-state index in [0.29, 0.717) is 27.2 Å². The van der Waals surface area contributed by atoms with Crippen LogP contribution in [0.1, 0.15) is 42.4 Å². The SMILES string of the molecule is O=C(NC1CCCC1)[C@@H](Cc1ccccc1)N(Cc1ccc(Cl)c(Cl)c1)C(=O)CSCc1ccc(Cl)cc1. The molecule has 1 aliphatic rings. The molecule has 4 rings (SSSR count). The van der Waals surface area contributed by atoms with Crippen molar-refractivity contribution >= 4 is 58.4 Å². The highest BCUT2D eigenvalue weighted by molar-refractivity contribution is 7.99. The van der Waals surface area contributed by atoms with E-state index in [4.69, 9.17) is 34.8 Å². The molecular weight excluding hydrogens is 559 g/mol. The monoisotopic (exact) mass is 588 g/mol. The smallest absolute Gasteiger partial charge is 0.243 e. The average molecular weight is 590 g/mol. The van der Waals surface area contributed by atoms with Crippen LogP contribution in [0.3, 0.4) is 0 Å². The largest absolute Gasteiger partial charge is 0.352 e. The van der Waals surface area contributed by atoms with Crippen LogP contribution in [0, 0.1) is 0 Å².